The molecule has 35 heavy (non-hydrogen) atoms. The van der Waals surface area contributed by atoms with Gasteiger partial charge in [-0.05, 0) is 55.0 Å². The highest BCUT2D eigenvalue weighted by Crippen LogP contribution is 2.28. The highest BCUT2D eigenvalue weighted by Gasteiger charge is 2.15. The van der Waals surface area contributed by atoms with Gasteiger partial charge >= 0.3 is 0 Å². The van der Waals surface area contributed by atoms with E-state index < -0.39 is 0 Å². The first-order valence-electron chi connectivity index (χ1n) is 11.1. The van der Waals surface area contributed by atoms with Crippen LogP contribution in [0.2, 0.25) is 5.02 Å². The summed E-state index contributed by atoms with van der Waals surface area (Å²) in [6.45, 7) is 2.72. The van der Waals surface area contributed by atoms with Crippen molar-refractivity contribution in [3.63, 3.8) is 0 Å². The van der Waals surface area contributed by atoms with E-state index in [-0.39, 0.29) is 5.11 Å². The zero-order valence-electron chi connectivity index (χ0n) is 19.0. The van der Waals surface area contributed by atoms with Gasteiger partial charge in [-0.2, -0.15) is 10.2 Å². The van der Waals surface area contributed by atoms with Crippen LogP contribution < -0.4 is 11.2 Å². The van der Waals surface area contributed by atoms with Crippen LogP contribution >= 0.6 is 23.8 Å². The molecule has 0 bridgehead atoms. The van der Waals surface area contributed by atoms with Crippen molar-refractivity contribution >= 4 is 46.0 Å². The molecule has 5 rings (SSSR count). The Morgan fingerprint density at radius 1 is 1.09 bits per heavy atom. The number of nitrogens with zero attached hydrogens (tertiary/aromatic N) is 4. The molecule has 0 saturated carbocycles. The summed E-state index contributed by atoms with van der Waals surface area (Å²) in [6, 6.07) is 24.3. The Hall–Kier alpha value is -3.94. The van der Waals surface area contributed by atoms with E-state index in [2.05, 4.69) is 52.6 Å². The van der Waals surface area contributed by atoms with Crippen molar-refractivity contribution in [2.24, 2.45) is 10.8 Å². The van der Waals surface area contributed by atoms with Crippen LogP contribution in [0.1, 0.15) is 16.7 Å². The molecule has 0 unspecified atom stereocenters. The Kier molecular flexibility index (Phi) is 6.35. The first-order chi connectivity index (χ1) is 17.0. The minimum atomic E-state index is 0.127. The predicted molar refractivity (Wildman–Crippen MR) is 147 cm³/mol. The Morgan fingerprint density at radius 3 is 2.60 bits per heavy atom. The van der Waals surface area contributed by atoms with Gasteiger partial charge in [0.1, 0.15) is 0 Å². The highest BCUT2D eigenvalue weighted by molar-refractivity contribution is 7.80. The minimum absolute atomic E-state index is 0.127. The highest BCUT2D eigenvalue weighted by atomic mass is 35.5. The van der Waals surface area contributed by atoms with E-state index in [0.717, 1.165) is 39.0 Å². The number of fused-ring (bicyclic) bond motifs is 1. The number of para-hydroxylation sites is 1. The van der Waals surface area contributed by atoms with Crippen LogP contribution in [0, 0.1) is 6.92 Å². The number of hydrogen-bond donors (Lipinski definition) is 2. The van der Waals surface area contributed by atoms with Crippen LogP contribution in [0.3, 0.4) is 0 Å². The average Bonchev–Trinajstić information content (AvgIpc) is 3.42. The van der Waals surface area contributed by atoms with Gasteiger partial charge in [-0.1, -0.05) is 54.1 Å². The maximum absolute atomic E-state index is 6.15. The van der Waals surface area contributed by atoms with Crippen molar-refractivity contribution in [2.45, 2.75) is 13.5 Å². The van der Waals surface area contributed by atoms with Crippen LogP contribution in [0.25, 0.3) is 27.8 Å². The van der Waals surface area contributed by atoms with Crippen molar-refractivity contribution < 1.29 is 0 Å². The molecule has 0 radical (unpaired) electrons. The summed E-state index contributed by atoms with van der Waals surface area (Å²) in [5, 5.41) is 11.0. The molecule has 0 saturated heterocycles. The molecule has 6 nitrogen and oxygen atoms in total. The zero-order chi connectivity index (χ0) is 24.4. The Balaban J connectivity index is 1.61. The number of halogens is 1. The van der Waals surface area contributed by atoms with E-state index in [9.17, 15) is 0 Å². The van der Waals surface area contributed by atoms with Gasteiger partial charge in [0.25, 0.3) is 0 Å². The monoisotopic (exact) mass is 498 g/mol. The number of nitrogens with two attached hydrogens (primary N) is 1. The summed E-state index contributed by atoms with van der Waals surface area (Å²) >= 11 is 11.0. The molecule has 0 aliphatic carbocycles. The van der Waals surface area contributed by atoms with Gasteiger partial charge in [-0.25, -0.2) is 4.68 Å². The topological polar surface area (TPSA) is 73.2 Å². The van der Waals surface area contributed by atoms with E-state index in [1.54, 1.807) is 6.21 Å². The summed E-state index contributed by atoms with van der Waals surface area (Å²) in [6.07, 6.45) is 5.91. The van der Waals surface area contributed by atoms with E-state index in [1.165, 1.54) is 5.56 Å². The molecule has 5 aromatic rings. The van der Waals surface area contributed by atoms with E-state index in [1.807, 2.05) is 59.3 Å². The first kappa shape index (κ1) is 22.8. The van der Waals surface area contributed by atoms with E-state index in [4.69, 9.17) is 34.7 Å². The molecule has 174 valence electrons. The molecule has 0 spiro atoms. The number of hydrazone groups is 1. The van der Waals surface area contributed by atoms with E-state index >= 15 is 0 Å². The molecule has 0 fully saturated rings. The third-order valence-corrected chi connectivity index (χ3v) is 6.06. The van der Waals surface area contributed by atoms with Crippen LogP contribution in [0.15, 0.2) is 90.3 Å². The molecule has 3 aromatic carbocycles. The van der Waals surface area contributed by atoms with Crippen LogP contribution in [0.5, 0.6) is 0 Å². The summed E-state index contributed by atoms with van der Waals surface area (Å²) in [4.78, 5) is 0. The fraction of sp³-hybridized carbons (Fsp3) is 0.0741. The number of hydrogen-bond acceptors (Lipinski definition) is 3. The maximum atomic E-state index is 6.15. The van der Waals surface area contributed by atoms with Gasteiger partial charge < -0.3 is 10.3 Å². The second-order valence-corrected chi connectivity index (χ2v) is 9.13. The quantitative estimate of drug-likeness (QED) is 0.180. The molecular weight excluding hydrogens is 476 g/mol. The number of aromatic nitrogens is 3. The lowest BCUT2D eigenvalue weighted by atomic mass is 10.1. The minimum Gasteiger partial charge on any atom is -0.375 e. The van der Waals surface area contributed by atoms with Crippen LogP contribution in [0.4, 0.5) is 0 Å². The second kappa shape index (κ2) is 9.74. The van der Waals surface area contributed by atoms with Crippen molar-refractivity contribution in [3.05, 3.63) is 107 Å². The predicted octanol–water partition coefficient (Wildman–Crippen LogP) is 5.67. The van der Waals surface area contributed by atoms with Crippen molar-refractivity contribution in [2.75, 3.05) is 0 Å². The third kappa shape index (κ3) is 4.96. The van der Waals surface area contributed by atoms with E-state index in [0.29, 0.717) is 11.6 Å². The fourth-order valence-corrected chi connectivity index (χ4v) is 4.28. The Morgan fingerprint density at radius 2 is 1.86 bits per heavy atom. The van der Waals surface area contributed by atoms with Gasteiger partial charge in [0, 0.05) is 45.0 Å². The van der Waals surface area contributed by atoms with Crippen molar-refractivity contribution in [1.82, 2.24) is 19.8 Å². The number of aryl methyl sites for hydroxylation is 1. The van der Waals surface area contributed by atoms with Gasteiger partial charge in [0.2, 0.25) is 0 Å². The zero-order valence-corrected chi connectivity index (χ0v) is 20.6. The molecule has 8 heteroatoms. The van der Waals surface area contributed by atoms with Gasteiger partial charge in [0.15, 0.2) is 5.11 Å². The number of benzene rings is 3. The molecule has 0 aliphatic heterocycles. The molecular formula is C27H23ClN6S. The van der Waals surface area contributed by atoms with Crippen LogP contribution in [-0.2, 0) is 6.54 Å². The summed E-state index contributed by atoms with van der Waals surface area (Å²) in [5.41, 5.74) is 15.4. The normalized spacial score (nSPS) is 11.4. The molecule has 0 amide bonds. The Labute approximate surface area is 213 Å². The molecule has 2 heterocycles. The van der Waals surface area contributed by atoms with Gasteiger partial charge in [0.05, 0.1) is 24.1 Å². The second-order valence-electron chi connectivity index (χ2n) is 8.26. The SMILES string of the molecule is Cc1ccc2c(/C=N/NC(N)=S)cn(Cc3cn(-c4ccccc4)nc3-c3ccc(Cl)cc3)c2c1. The summed E-state index contributed by atoms with van der Waals surface area (Å²) < 4.78 is 4.14. The molecule has 2 aromatic heterocycles. The lowest BCUT2D eigenvalue weighted by Gasteiger charge is -2.07. The molecule has 0 aliphatic rings. The summed E-state index contributed by atoms with van der Waals surface area (Å²) in [7, 11) is 0. The van der Waals surface area contributed by atoms with Gasteiger partial charge in [-0.15, -0.1) is 0 Å². The molecule has 0 atom stereocenters. The largest absolute Gasteiger partial charge is 0.375 e. The van der Waals surface area contributed by atoms with Crippen LogP contribution in [-0.4, -0.2) is 25.7 Å². The number of nitrogens with one attached hydrogen (secondary N) is 1. The average molecular weight is 499 g/mol. The lowest BCUT2D eigenvalue weighted by Crippen LogP contribution is -2.23. The standard InChI is InChI=1S/C27H23ClN6S/c1-18-7-12-24-20(14-30-31-27(29)35)15-33(25(24)13-18)16-21-17-34(23-5-3-2-4-6-23)32-26(21)19-8-10-22(28)11-9-19/h2-15,17H,16H2,1H3,(H3,29,31,35)/b30-14+. The van der Waals surface area contributed by atoms with Crippen molar-refractivity contribution in [1.29, 1.82) is 0 Å². The number of rotatable bonds is 6. The first-order valence-corrected chi connectivity index (χ1v) is 11.8. The maximum Gasteiger partial charge on any atom is 0.184 e. The molecule has 3 N–H and O–H groups in total. The third-order valence-electron chi connectivity index (χ3n) is 5.72. The summed E-state index contributed by atoms with van der Waals surface area (Å²) in [5.74, 6) is 0. The van der Waals surface area contributed by atoms with Crippen molar-refractivity contribution in [3.8, 4) is 16.9 Å². The Bertz CT molecular complexity index is 1530. The number of thiocarbonyl (C=S) groups is 1. The lowest BCUT2D eigenvalue weighted by molar-refractivity contribution is 0.834. The fourth-order valence-electron chi connectivity index (χ4n) is 4.10. The smallest absolute Gasteiger partial charge is 0.184 e. The van der Waals surface area contributed by atoms with Gasteiger partial charge in [-0.3, -0.25) is 5.43 Å².